The van der Waals surface area contributed by atoms with Crippen LogP contribution in [0.15, 0.2) is 41.5 Å². The molecule has 86 valence electrons. The molecule has 0 amide bonds. The summed E-state index contributed by atoms with van der Waals surface area (Å²) >= 11 is 1.55. The Morgan fingerprint density at radius 1 is 1.29 bits per heavy atom. The SMILES string of the molecule is NC1=NC=CC(N)N1c1nc2ccccc2s1. The summed E-state index contributed by atoms with van der Waals surface area (Å²) in [4.78, 5) is 10.3. The average Bonchev–Trinajstić information content (AvgIpc) is 2.71. The van der Waals surface area contributed by atoms with Gasteiger partial charge in [-0.1, -0.05) is 23.5 Å². The maximum Gasteiger partial charge on any atom is 0.203 e. The van der Waals surface area contributed by atoms with E-state index in [0.717, 1.165) is 15.3 Å². The number of para-hydroxylation sites is 1. The second kappa shape index (κ2) is 3.83. The molecule has 0 fully saturated rings. The fourth-order valence-electron chi connectivity index (χ4n) is 1.70. The van der Waals surface area contributed by atoms with Gasteiger partial charge in [-0.2, -0.15) is 0 Å². The Morgan fingerprint density at radius 3 is 2.88 bits per heavy atom. The number of thiazole rings is 1. The fraction of sp³-hybridized carbons (Fsp3) is 0.0909. The number of aliphatic imine (C=N–C) groups is 1. The van der Waals surface area contributed by atoms with Gasteiger partial charge in [-0.3, -0.25) is 4.90 Å². The molecule has 1 atom stereocenters. The van der Waals surface area contributed by atoms with Crippen molar-refractivity contribution in [1.82, 2.24) is 4.98 Å². The topological polar surface area (TPSA) is 80.5 Å². The van der Waals surface area contributed by atoms with Crippen LogP contribution in [0, 0.1) is 0 Å². The Morgan fingerprint density at radius 2 is 2.12 bits per heavy atom. The Kier molecular flexibility index (Phi) is 2.31. The molecule has 0 spiro atoms. The van der Waals surface area contributed by atoms with Gasteiger partial charge < -0.3 is 11.5 Å². The van der Waals surface area contributed by atoms with Crippen molar-refractivity contribution in [3.8, 4) is 0 Å². The van der Waals surface area contributed by atoms with E-state index in [0.29, 0.717) is 5.96 Å². The van der Waals surface area contributed by atoms with Crippen molar-refractivity contribution in [2.24, 2.45) is 16.5 Å². The van der Waals surface area contributed by atoms with E-state index in [1.165, 1.54) is 0 Å². The maximum atomic E-state index is 5.97. The van der Waals surface area contributed by atoms with Crippen LogP contribution in [0.25, 0.3) is 10.2 Å². The van der Waals surface area contributed by atoms with Gasteiger partial charge in [0.15, 0.2) is 5.13 Å². The highest BCUT2D eigenvalue weighted by molar-refractivity contribution is 7.22. The molecular formula is C11H11N5S. The van der Waals surface area contributed by atoms with Crippen LogP contribution in [0.2, 0.25) is 0 Å². The van der Waals surface area contributed by atoms with Gasteiger partial charge in [0, 0.05) is 6.20 Å². The molecule has 0 bridgehead atoms. The summed E-state index contributed by atoms with van der Waals surface area (Å²) in [6.07, 6.45) is 3.08. The lowest BCUT2D eigenvalue weighted by Gasteiger charge is -2.26. The number of anilines is 1. The van der Waals surface area contributed by atoms with Gasteiger partial charge >= 0.3 is 0 Å². The van der Waals surface area contributed by atoms with Crippen LogP contribution < -0.4 is 16.4 Å². The van der Waals surface area contributed by atoms with E-state index in [-0.39, 0.29) is 6.17 Å². The summed E-state index contributed by atoms with van der Waals surface area (Å²) in [5.74, 6) is 0.374. The first-order valence-electron chi connectivity index (χ1n) is 5.16. The standard InChI is InChI=1S/C11H11N5S/c12-9-5-6-14-10(13)16(9)11-15-7-3-1-2-4-8(7)17-11/h1-6,9H,12H2,(H2,13,14). The molecule has 1 unspecified atom stereocenters. The molecule has 17 heavy (non-hydrogen) atoms. The third kappa shape index (κ3) is 1.67. The van der Waals surface area contributed by atoms with Gasteiger partial charge in [0.1, 0.15) is 6.17 Å². The molecule has 1 aromatic heterocycles. The quantitative estimate of drug-likeness (QED) is 0.791. The van der Waals surface area contributed by atoms with E-state index in [4.69, 9.17) is 11.5 Å². The molecule has 5 nitrogen and oxygen atoms in total. The van der Waals surface area contributed by atoms with Gasteiger partial charge in [-0.05, 0) is 18.2 Å². The van der Waals surface area contributed by atoms with Gasteiger partial charge in [-0.15, -0.1) is 0 Å². The van der Waals surface area contributed by atoms with Crippen molar-refractivity contribution in [3.05, 3.63) is 36.5 Å². The van der Waals surface area contributed by atoms with Crippen molar-refractivity contribution in [3.63, 3.8) is 0 Å². The van der Waals surface area contributed by atoms with Crippen LogP contribution in [0.1, 0.15) is 0 Å². The number of aromatic nitrogens is 1. The molecule has 0 aliphatic carbocycles. The highest BCUT2D eigenvalue weighted by atomic mass is 32.1. The first-order valence-corrected chi connectivity index (χ1v) is 5.98. The lowest BCUT2D eigenvalue weighted by atomic mass is 10.3. The minimum absolute atomic E-state index is 0.312. The molecule has 1 aromatic carbocycles. The smallest absolute Gasteiger partial charge is 0.203 e. The molecular weight excluding hydrogens is 234 g/mol. The third-order valence-corrected chi connectivity index (χ3v) is 3.56. The molecule has 4 N–H and O–H groups in total. The molecule has 2 aromatic rings. The van der Waals surface area contributed by atoms with Crippen molar-refractivity contribution in [2.75, 3.05) is 4.90 Å². The Bertz CT molecular complexity index is 582. The number of hydrogen-bond acceptors (Lipinski definition) is 6. The zero-order valence-corrected chi connectivity index (χ0v) is 9.76. The second-order valence-electron chi connectivity index (χ2n) is 3.65. The predicted octanol–water partition coefficient (Wildman–Crippen LogP) is 1.23. The number of guanidine groups is 1. The number of benzene rings is 1. The minimum atomic E-state index is -0.312. The first-order chi connectivity index (χ1) is 8.25. The van der Waals surface area contributed by atoms with Crippen LogP contribution in [-0.4, -0.2) is 17.1 Å². The Labute approximate surface area is 102 Å². The number of nitrogens with zero attached hydrogens (tertiary/aromatic N) is 3. The summed E-state index contributed by atoms with van der Waals surface area (Å²) in [6.45, 7) is 0. The van der Waals surface area contributed by atoms with Gasteiger partial charge in [0.25, 0.3) is 0 Å². The molecule has 2 heterocycles. The van der Waals surface area contributed by atoms with Gasteiger partial charge in [0.2, 0.25) is 5.96 Å². The number of nitrogens with two attached hydrogens (primary N) is 2. The molecule has 0 saturated heterocycles. The number of hydrogen-bond donors (Lipinski definition) is 2. The lowest BCUT2D eigenvalue weighted by molar-refractivity contribution is 0.821. The van der Waals surface area contributed by atoms with E-state index < -0.39 is 0 Å². The van der Waals surface area contributed by atoms with Crippen molar-refractivity contribution >= 4 is 32.6 Å². The predicted molar refractivity (Wildman–Crippen MR) is 70.8 cm³/mol. The van der Waals surface area contributed by atoms with Crippen molar-refractivity contribution in [2.45, 2.75) is 6.17 Å². The minimum Gasteiger partial charge on any atom is -0.369 e. The molecule has 1 aliphatic heterocycles. The fourth-order valence-corrected chi connectivity index (χ4v) is 2.72. The van der Waals surface area contributed by atoms with Crippen LogP contribution in [-0.2, 0) is 0 Å². The Balaban J connectivity index is 2.09. The first kappa shape index (κ1) is 10.2. The third-order valence-electron chi connectivity index (χ3n) is 2.52. The summed E-state index contributed by atoms with van der Waals surface area (Å²) in [6, 6.07) is 7.93. The van der Waals surface area contributed by atoms with E-state index in [2.05, 4.69) is 9.98 Å². The summed E-state index contributed by atoms with van der Waals surface area (Å²) < 4.78 is 1.11. The van der Waals surface area contributed by atoms with Gasteiger partial charge in [-0.25, -0.2) is 9.98 Å². The van der Waals surface area contributed by atoms with Crippen LogP contribution in [0.4, 0.5) is 5.13 Å². The number of rotatable bonds is 1. The largest absolute Gasteiger partial charge is 0.369 e. The molecule has 1 aliphatic rings. The van der Waals surface area contributed by atoms with Crippen LogP contribution >= 0.6 is 11.3 Å². The van der Waals surface area contributed by atoms with Crippen molar-refractivity contribution in [1.29, 1.82) is 0 Å². The zero-order valence-electron chi connectivity index (χ0n) is 8.95. The molecule has 6 heteroatoms. The normalized spacial score (nSPS) is 19.7. The van der Waals surface area contributed by atoms with E-state index in [1.807, 2.05) is 24.3 Å². The highest BCUT2D eigenvalue weighted by Gasteiger charge is 2.22. The summed E-state index contributed by atoms with van der Waals surface area (Å²) in [5.41, 5.74) is 12.7. The van der Waals surface area contributed by atoms with E-state index in [9.17, 15) is 0 Å². The molecule has 3 rings (SSSR count). The maximum absolute atomic E-state index is 5.97. The van der Waals surface area contributed by atoms with Crippen molar-refractivity contribution < 1.29 is 0 Å². The summed E-state index contributed by atoms with van der Waals surface area (Å²) in [7, 11) is 0. The van der Waals surface area contributed by atoms with E-state index in [1.54, 1.807) is 28.5 Å². The highest BCUT2D eigenvalue weighted by Crippen LogP contribution is 2.29. The van der Waals surface area contributed by atoms with Crippen LogP contribution in [0.3, 0.4) is 0 Å². The lowest BCUT2D eigenvalue weighted by Crippen LogP contribution is -2.49. The van der Waals surface area contributed by atoms with Crippen LogP contribution in [0.5, 0.6) is 0 Å². The zero-order chi connectivity index (χ0) is 11.8. The summed E-state index contributed by atoms with van der Waals surface area (Å²) in [5, 5.41) is 0.768. The average molecular weight is 245 g/mol. The van der Waals surface area contributed by atoms with Gasteiger partial charge in [0.05, 0.1) is 10.2 Å². The molecule has 0 saturated carbocycles. The monoisotopic (exact) mass is 245 g/mol. The number of fused-ring (bicyclic) bond motifs is 1. The Hall–Kier alpha value is -1.92. The van der Waals surface area contributed by atoms with E-state index >= 15 is 0 Å². The second-order valence-corrected chi connectivity index (χ2v) is 4.66. The molecule has 0 radical (unpaired) electrons.